The zero-order valence-electron chi connectivity index (χ0n) is 10.0. The first-order valence-corrected chi connectivity index (χ1v) is 6.42. The monoisotopic (exact) mass is 234 g/mol. The molecule has 2 aromatic carbocycles. The molecule has 4 rings (SSSR count). The quantitative estimate of drug-likeness (QED) is 0.745. The van der Waals surface area contributed by atoms with Crippen molar-refractivity contribution in [3.05, 3.63) is 71.8 Å². The highest BCUT2D eigenvalue weighted by Crippen LogP contribution is 2.92. The van der Waals surface area contributed by atoms with Gasteiger partial charge in [-0.05, 0) is 17.5 Å². The Balaban J connectivity index is 1.79. The minimum atomic E-state index is -0.101. The Morgan fingerprint density at radius 2 is 1.56 bits per heavy atom. The molecule has 2 aromatic rings. The number of benzene rings is 2. The molecule has 88 valence electrons. The third-order valence-corrected chi connectivity index (χ3v) is 4.83. The van der Waals surface area contributed by atoms with Gasteiger partial charge >= 0.3 is 0 Å². The summed E-state index contributed by atoms with van der Waals surface area (Å²) in [6.45, 7) is 0. The highest BCUT2D eigenvalue weighted by Gasteiger charge is 2.91. The molecule has 2 fully saturated rings. The predicted molar refractivity (Wildman–Crippen MR) is 70.4 cm³/mol. The van der Waals surface area contributed by atoms with E-state index < -0.39 is 0 Å². The third kappa shape index (κ3) is 0.966. The summed E-state index contributed by atoms with van der Waals surface area (Å²) in [4.78, 5) is 11.5. The fourth-order valence-electron chi connectivity index (χ4n) is 3.83. The lowest BCUT2D eigenvalue weighted by Crippen LogP contribution is -2.04. The second-order valence-corrected chi connectivity index (χ2v) is 5.52. The maximum Gasteiger partial charge on any atom is 0.127 e. The Hall–Kier alpha value is -1.89. The molecule has 0 heterocycles. The number of hydrogen-bond donors (Lipinski definition) is 0. The minimum absolute atomic E-state index is 0.101. The summed E-state index contributed by atoms with van der Waals surface area (Å²) in [5, 5.41) is 0. The van der Waals surface area contributed by atoms with Crippen LogP contribution < -0.4 is 0 Å². The van der Waals surface area contributed by atoms with Gasteiger partial charge in [0.05, 0.1) is 0 Å². The van der Waals surface area contributed by atoms with Gasteiger partial charge in [0.2, 0.25) is 0 Å². The normalized spacial score (nSPS) is 35.7. The number of carbonyl (C=O) groups is 1. The van der Waals surface area contributed by atoms with Crippen LogP contribution in [-0.4, -0.2) is 6.29 Å². The Bertz CT molecular complexity index is 604. The van der Waals surface area contributed by atoms with Crippen LogP contribution >= 0.6 is 0 Å². The smallest absolute Gasteiger partial charge is 0.127 e. The lowest BCUT2D eigenvalue weighted by molar-refractivity contribution is -0.110. The molecule has 18 heavy (non-hydrogen) atoms. The van der Waals surface area contributed by atoms with Crippen molar-refractivity contribution < 1.29 is 4.79 Å². The summed E-state index contributed by atoms with van der Waals surface area (Å²) in [5.74, 6) is 0.395. The first-order valence-electron chi connectivity index (χ1n) is 6.42. The topological polar surface area (TPSA) is 17.1 Å². The zero-order chi connectivity index (χ0) is 12.2. The van der Waals surface area contributed by atoms with Crippen LogP contribution in [0, 0.1) is 5.41 Å². The molecule has 0 spiro atoms. The van der Waals surface area contributed by atoms with E-state index in [1.807, 2.05) is 12.1 Å². The van der Waals surface area contributed by atoms with Gasteiger partial charge in [-0.15, -0.1) is 0 Å². The van der Waals surface area contributed by atoms with Gasteiger partial charge in [-0.25, -0.2) is 0 Å². The SMILES string of the molecule is O=CC12CC1(c1ccccc1)C2c1ccccc1. The Labute approximate surface area is 106 Å². The van der Waals surface area contributed by atoms with E-state index in [1.165, 1.54) is 17.4 Å². The van der Waals surface area contributed by atoms with E-state index in [1.54, 1.807) is 0 Å². The molecule has 0 radical (unpaired) electrons. The first kappa shape index (κ1) is 10.1. The molecule has 1 nitrogen and oxygen atoms in total. The van der Waals surface area contributed by atoms with Crippen LogP contribution in [0.25, 0.3) is 0 Å². The van der Waals surface area contributed by atoms with Gasteiger partial charge in [-0.2, -0.15) is 0 Å². The molecule has 0 amide bonds. The highest BCUT2D eigenvalue weighted by molar-refractivity contribution is 5.85. The minimum Gasteiger partial charge on any atom is -0.303 e. The number of hydrogen-bond acceptors (Lipinski definition) is 1. The van der Waals surface area contributed by atoms with Crippen LogP contribution in [0.15, 0.2) is 60.7 Å². The largest absolute Gasteiger partial charge is 0.303 e. The van der Waals surface area contributed by atoms with Crippen LogP contribution in [0.3, 0.4) is 0 Å². The van der Waals surface area contributed by atoms with Crippen molar-refractivity contribution in [2.24, 2.45) is 5.41 Å². The molecule has 0 saturated heterocycles. The number of carbonyl (C=O) groups excluding carboxylic acids is 1. The first-order chi connectivity index (χ1) is 8.85. The predicted octanol–water partition coefficient (Wildman–Crippen LogP) is 3.31. The van der Waals surface area contributed by atoms with Gasteiger partial charge in [-0.3, -0.25) is 0 Å². The molecular formula is C17H14O. The van der Waals surface area contributed by atoms with E-state index in [-0.39, 0.29) is 10.8 Å². The van der Waals surface area contributed by atoms with E-state index in [4.69, 9.17) is 0 Å². The van der Waals surface area contributed by atoms with Crippen molar-refractivity contribution in [3.8, 4) is 0 Å². The maximum atomic E-state index is 11.5. The summed E-state index contributed by atoms with van der Waals surface area (Å²) in [6.07, 6.45) is 2.21. The molecule has 0 N–H and O–H groups in total. The fourth-order valence-corrected chi connectivity index (χ4v) is 3.83. The summed E-state index contributed by atoms with van der Waals surface area (Å²) in [6, 6.07) is 20.9. The molecule has 2 aliphatic rings. The van der Waals surface area contributed by atoms with Crippen LogP contribution in [0.2, 0.25) is 0 Å². The van der Waals surface area contributed by atoms with Crippen molar-refractivity contribution >= 4 is 6.29 Å². The number of aldehydes is 1. The van der Waals surface area contributed by atoms with Crippen molar-refractivity contribution in [3.63, 3.8) is 0 Å². The molecule has 0 aliphatic heterocycles. The highest BCUT2D eigenvalue weighted by atomic mass is 16.1. The van der Waals surface area contributed by atoms with Crippen molar-refractivity contribution in [2.45, 2.75) is 17.8 Å². The Morgan fingerprint density at radius 3 is 2.17 bits per heavy atom. The van der Waals surface area contributed by atoms with E-state index >= 15 is 0 Å². The number of rotatable bonds is 3. The second kappa shape index (κ2) is 3.11. The Morgan fingerprint density at radius 1 is 0.944 bits per heavy atom. The molecule has 2 aliphatic carbocycles. The van der Waals surface area contributed by atoms with Crippen molar-refractivity contribution in [2.75, 3.05) is 0 Å². The lowest BCUT2D eigenvalue weighted by atomic mass is 9.90. The van der Waals surface area contributed by atoms with Gasteiger partial charge in [0.25, 0.3) is 0 Å². The molecule has 2 saturated carbocycles. The third-order valence-electron chi connectivity index (χ3n) is 4.83. The van der Waals surface area contributed by atoms with Crippen LogP contribution in [0.4, 0.5) is 0 Å². The fraction of sp³-hybridized carbons (Fsp3) is 0.235. The molecule has 1 heteroatoms. The van der Waals surface area contributed by atoms with E-state index in [0.717, 1.165) is 6.42 Å². The van der Waals surface area contributed by atoms with E-state index in [0.29, 0.717) is 5.92 Å². The molecule has 0 aromatic heterocycles. The molecule has 3 unspecified atom stereocenters. The standard InChI is InChI=1S/C17H14O/c18-12-16-11-17(16,14-9-5-2-6-10-14)15(16)13-7-3-1-4-8-13/h1-10,12,15H,11H2. The number of fused-ring (bicyclic) bond motifs is 1. The van der Waals surface area contributed by atoms with Gasteiger partial charge in [-0.1, -0.05) is 60.7 Å². The van der Waals surface area contributed by atoms with Crippen LogP contribution in [0.5, 0.6) is 0 Å². The maximum absolute atomic E-state index is 11.5. The van der Waals surface area contributed by atoms with E-state index in [2.05, 4.69) is 48.5 Å². The summed E-state index contributed by atoms with van der Waals surface area (Å²) >= 11 is 0. The van der Waals surface area contributed by atoms with Gasteiger partial charge in [0, 0.05) is 16.7 Å². The van der Waals surface area contributed by atoms with Gasteiger partial charge < -0.3 is 4.79 Å². The summed E-state index contributed by atoms with van der Waals surface area (Å²) < 4.78 is 0. The van der Waals surface area contributed by atoms with Crippen molar-refractivity contribution in [1.82, 2.24) is 0 Å². The van der Waals surface area contributed by atoms with Crippen LogP contribution in [-0.2, 0) is 10.2 Å². The summed E-state index contributed by atoms with van der Waals surface area (Å²) in [5.41, 5.74) is 2.64. The summed E-state index contributed by atoms with van der Waals surface area (Å²) in [7, 11) is 0. The van der Waals surface area contributed by atoms with Crippen molar-refractivity contribution in [1.29, 1.82) is 0 Å². The average Bonchev–Trinajstić information content (AvgIpc) is 3.27. The molecule has 3 atom stereocenters. The lowest BCUT2D eigenvalue weighted by Gasteiger charge is -2.12. The molecule has 0 bridgehead atoms. The zero-order valence-corrected chi connectivity index (χ0v) is 10.0. The average molecular weight is 234 g/mol. The second-order valence-electron chi connectivity index (χ2n) is 5.52. The van der Waals surface area contributed by atoms with E-state index in [9.17, 15) is 4.79 Å². The van der Waals surface area contributed by atoms with Gasteiger partial charge in [0.15, 0.2) is 0 Å². The van der Waals surface area contributed by atoms with Crippen LogP contribution in [0.1, 0.15) is 23.5 Å². The van der Waals surface area contributed by atoms with Gasteiger partial charge in [0.1, 0.15) is 6.29 Å². The molecular weight excluding hydrogens is 220 g/mol. The Kier molecular flexibility index (Phi) is 1.74.